The van der Waals surface area contributed by atoms with Crippen molar-refractivity contribution in [3.8, 4) is 17.3 Å². The Morgan fingerprint density at radius 1 is 1.14 bits per heavy atom. The number of anilines is 1. The van der Waals surface area contributed by atoms with E-state index in [0.29, 0.717) is 29.0 Å². The summed E-state index contributed by atoms with van der Waals surface area (Å²) in [7, 11) is 1.64. The van der Waals surface area contributed by atoms with Gasteiger partial charge in [0.15, 0.2) is 5.69 Å². The molecule has 0 aliphatic rings. The Hall–Kier alpha value is -4.01. The van der Waals surface area contributed by atoms with Crippen molar-refractivity contribution in [1.29, 1.82) is 0 Å². The van der Waals surface area contributed by atoms with Gasteiger partial charge in [-0.2, -0.15) is 0 Å². The molecule has 2 aromatic carbocycles. The summed E-state index contributed by atoms with van der Waals surface area (Å²) in [6, 6.07) is 13.9. The van der Waals surface area contributed by atoms with Gasteiger partial charge in [-0.3, -0.25) is 14.9 Å². The van der Waals surface area contributed by atoms with Crippen LogP contribution in [0.4, 0.5) is 6.01 Å². The van der Waals surface area contributed by atoms with Gasteiger partial charge in [0.05, 0.1) is 23.2 Å². The second-order valence-corrected chi connectivity index (χ2v) is 6.11. The van der Waals surface area contributed by atoms with Crippen molar-refractivity contribution < 1.29 is 13.9 Å². The molecule has 0 unspecified atom stereocenters. The molecule has 2 aromatic heterocycles. The zero-order valence-electron chi connectivity index (χ0n) is 15.7. The van der Waals surface area contributed by atoms with Crippen molar-refractivity contribution in [3.63, 3.8) is 0 Å². The molecule has 0 atom stereocenters. The lowest BCUT2D eigenvalue weighted by molar-refractivity contribution is 0.102. The van der Waals surface area contributed by atoms with Crippen molar-refractivity contribution in [2.24, 2.45) is 7.05 Å². The third-order valence-corrected chi connectivity index (χ3v) is 4.26. The topological polar surface area (TPSA) is 112 Å². The Morgan fingerprint density at radius 2 is 1.90 bits per heavy atom. The lowest BCUT2D eigenvalue weighted by atomic mass is 10.2. The van der Waals surface area contributed by atoms with Crippen LogP contribution < -0.4 is 15.6 Å². The van der Waals surface area contributed by atoms with Crippen molar-refractivity contribution in [2.75, 3.05) is 11.9 Å². The summed E-state index contributed by atoms with van der Waals surface area (Å²) in [5, 5.41) is 10.2. The number of benzene rings is 2. The average Bonchev–Trinajstić information content (AvgIpc) is 3.19. The van der Waals surface area contributed by atoms with Crippen LogP contribution in [0, 0.1) is 0 Å². The Labute approximate surface area is 165 Å². The second-order valence-electron chi connectivity index (χ2n) is 6.11. The normalized spacial score (nSPS) is 10.8. The molecule has 0 aliphatic carbocycles. The van der Waals surface area contributed by atoms with Crippen molar-refractivity contribution >= 4 is 23.0 Å². The van der Waals surface area contributed by atoms with Gasteiger partial charge in [-0.1, -0.05) is 29.4 Å². The third-order valence-electron chi connectivity index (χ3n) is 4.26. The number of aryl methyl sites for hydroxylation is 1. The molecule has 0 saturated heterocycles. The van der Waals surface area contributed by atoms with E-state index in [1.807, 2.05) is 19.1 Å². The fourth-order valence-electron chi connectivity index (χ4n) is 2.89. The first-order valence-electron chi connectivity index (χ1n) is 8.91. The van der Waals surface area contributed by atoms with Gasteiger partial charge in [0.2, 0.25) is 0 Å². The predicted octanol–water partition coefficient (Wildman–Crippen LogP) is 2.63. The Kier molecular flexibility index (Phi) is 4.78. The number of fused-ring (bicyclic) bond motifs is 1. The predicted molar refractivity (Wildman–Crippen MR) is 106 cm³/mol. The van der Waals surface area contributed by atoms with Gasteiger partial charge in [0, 0.05) is 7.05 Å². The number of carbonyl (C=O) groups excluding carboxylic acids is 1. The summed E-state index contributed by atoms with van der Waals surface area (Å²) in [4.78, 5) is 29.5. The van der Waals surface area contributed by atoms with E-state index >= 15 is 0 Å². The van der Waals surface area contributed by atoms with Gasteiger partial charge >= 0.3 is 6.01 Å². The lowest BCUT2D eigenvalue weighted by Crippen LogP contribution is -2.20. The van der Waals surface area contributed by atoms with Crippen LogP contribution in [-0.2, 0) is 7.05 Å². The van der Waals surface area contributed by atoms with Crippen molar-refractivity contribution in [2.45, 2.75) is 6.92 Å². The first-order valence-corrected chi connectivity index (χ1v) is 8.91. The first-order chi connectivity index (χ1) is 14.1. The maximum Gasteiger partial charge on any atom is 0.322 e. The highest BCUT2D eigenvalue weighted by atomic mass is 16.5. The molecule has 0 radical (unpaired) electrons. The van der Waals surface area contributed by atoms with Crippen LogP contribution in [0.1, 0.15) is 17.3 Å². The number of hydrogen-bond acceptors (Lipinski definition) is 7. The zero-order chi connectivity index (χ0) is 20.4. The van der Waals surface area contributed by atoms with Crippen LogP contribution >= 0.6 is 0 Å². The number of aromatic nitrogens is 4. The van der Waals surface area contributed by atoms with E-state index in [2.05, 4.69) is 20.5 Å². The van der Waals surface area contributed by atoms with Crippen LogP contribution in [0.5, 0.6) is 5.75 Å². The molecule has 0 saturated carbocycles. The van der Waals surface area contributed by atoms with E-state index in [-0.39, 0.29) is 23.2 Å². The number of nitrogens with one attached hydrogen (secondary N) is 1. The van der Waals surface area contributed by atoms with Crippen LogP contribution in [0.3, 0.4) is 0 Å². The highest BCUT2D eigenvalue weighted by Crippen LogP contribution is 2.21. The molecular formula is C20H17N5O4. The quantitative estimate of drug-likeness (QED) is 0.556. The van der Waals surface area contributed by atoms with Crippen LogP contribution in [-0.4, -0.2) is 32.3 Å². The van der Waals surface area contributed by atoms with Gasteiger partial charge in [-0.25, -0.2) is 4.98 Å². The molecule has 0 spiro atoms. The van der Waals surface area contributed by atoms with Crippen molar-refractivity contribution in [3.05, 3.63) is 64.4 Å². The van der Waals surface area contributed by atoms with Crippen molar-refractivity contribution in [1.82, 2.24) is 19.7 Å². The smallest absolute Gasteiger partial charge is 0.322 e. The summed E-state index contributed by atoms with van der Waals surface area (Å²) in [5.74, 6) is -0.106. The molecule has 0 bridgehead atoms. The number of amides is 1. The molecule has 0 aliphatic heterocycles. The molecule has 4 rings (SSSR count). The van der Waals surface area contributed by atoms with E-state index in [1.54, 1.807) is 43.4 Å². The van der Waals surface area contributed by atoms with E-state index in [4.69, 9.17) is 9.15 Å². The van der Waals surface area contributed by atoms with E-state index in [9.17, 15) is 9.59 Å². The number of rotatable bonds is 5. The minimum Gasteiger partial charge on any atom is -0.493 e. The van der Waals surface area contributed by atoms with Crippen LogP contribution in [0.25, 0.3) is 22.6 Å². The SMILES string of the molecule is CCOc1ccccc1C(=O)Nc1nnc(-c2nc3ccccc3n(C)c2=O)o1. The first kappa shape index (κ1) is 18.4. The summed E-state index contributed by atoms with van der Waals surface area (Å²) in [6.45, 7) is 2.25. The van der Waals surface area contributed by atoms with Crippen LogP contribution in [0.2, 0.25) is 0 Å². The van der Waals surface area contributed by atoms with E-state index in [0.717, 1.165) is 0 Å². The van der Waals surface area contributed by atoms with Gasteiger partial charge in [-0.05, 0) is 31.2 Å². The van der Waals surface area contributed by atoms with Gasteiger partial charge < -0.3 is 13.7 Å². The lowest BCUT2D eigenvalue weighted by Gasteiger charge is -2.08. The maximum absolute atomic E-state index is 12.6. The van der Waals surface area contributed by atoms with Gasteiger partial charge in [0.25, 0.3) is 17.4 Å². The molecular weight excluding hydrogens is 374 g/mol. The highest BCUT2D eigenvalue weighted by Gasteiger charge is 2.19. The van der Waals surface area contributed by atoms with Gasteiger partial charge in [0.1, 0.15) is 5.75 Å². The molecule has 9 heteroatoms. The molecule has 2 heterocycles. The van der Waals surface area contributed by atoms with Gasteiger partial charge in [-0.15, -0.1) is 5.10 Å². The standard InChI is InChI=1S/C20H17N5O4/c1-3-28-15-11-7-4-8-12(15)17(26)22-20-24-23-18(29-20)16-19(27)25(2)14-10-6-5-9-13(14)21-16/h4-11H,3H2,1-2H3,(H,22,24,26). The Balaban J connectivity index is 1.65. The average molecular weight is 391 g/mol. The fraction of sp³-hybridized carbons (Fsp3) is 0.150. The minimum absolute atomic E-state index is 0.00826. The molecule has 9 nitrogen and oxygen atoms in total. The van der Waals surface area contributed by atoms with E-state index < -0.39 is 5.91 Å². The summed E-state index contributed by atoms with van der Waals surface area (Å²) in [5.41, 5.74) is 1.25. The number of carbonyl (C=O) groups is 1. The second kappa shape index (κ2) is 7.55. The molecule has 146 valence electrons. The Morgan fingerprint density at radius 3 is 2.72 bits per heavy atom. The maximum atomic E-state index is 12.6. The monoisotopic (exact) mass is 391 g/mol. The van der Waals surface area contributed by atoms with E-state index in [1.165, 1.54) is 4.57 Å². The Bertz CT molecular complexity index is 1260. The number of nitrogens with zero attached hydrogens (tertiary/aromatic N) is 4. The number of para-hydroxylation sites is 3. The third kappa shape index (κ3) is 3.45. The molecule has 1 N–H and O–H groups in total. The largest absolute Gasteiger partial charge is 0.493 e. The molecule has 1 amide bonds. The minimum atomic E-state index is -0.469. The summed E-state index contributed by atoms with van der Waals surface area (Å²) < 4.78 is 12.4. The molecule has 4 aromatic rings. The number of ether oxygens (including phenoxy) is 1. The number of hydrogen-bond donors (Lipinski definition) is 1. The summed E-state index contributed by atoms with van der Waals surface area (Å²) >= 11 is 0. The molecule has 0 fully saturated rings. The summed E-state index contributed by atoms with van der Waals surface area (Å²) in [6.07, 6.45) is 0. The van der Waals surface area contributed by atoms with Crippen LogP contribution in [0.15, 0.2) is 57.7 Å². The molecule has 29 heavy (non-hydrogen) atoms. The highest BCUT2D eigenvalue weighted by molar-refractivity contribution is 6.05. The zero-order valence-corrected chi connectivity index (χ0v) is 15.7. The fourth-order valence-corrected chi connectivity index (χ4v) is 2.89.